The maximum absolute atomic E-state index is 11.0. The van der Waals surface area contributed by atoms with Gasteiger partial charge in [0.2, 0.25) is 0 Å². The molecule has 0 aromatic heterocycles. The molecule has 2 N–H and O–H groups in total. The van der Waals surface area contributed by atoms with Gasteiger partial charge >= 0.3 is 8.17 Å². The summed E-state index contributed by atoms with van der Waals surface area (Å²) in [5.41, 5.74) is 5.59. The molecule has 0 bridgehead atoms. The molecule has 0 atom stereocenters. The molecule has 1 aliphatic rings. The summed E-state index contributed by atoms with van der Waals surface area (Å²) in [5, 5.41) is 0. The van der Waals surface area contributed by atoms with Crippen molar-refractivity contribution in [3.05, 3.63) is 57.6 Å². The fraction of sp³-hybridized carbons (Fsp3) is 0.586. The quantitative estimate of drug-likeness (QED) is 0.371. The molecule has 0 amide bonds. The normalized spacial score (nSPS) is 16.5. The SMILES string of the molecule is CC(C)(C)c1cc2c(c(C(C)(C)C)c1)O[P+](O)(O)Oc1c(cc(C(C)(C)C)cc1C(C)(C)C)C2. The summed E-state index contributed by atoms with van der Waals surface area (Å²) in [7, 11) is -4.18. The molecule has 5 heteroatoms. The van der Waals surface area contributed by atoms with E-state index in [1.165, 1.54) is 11.1 Å². The van der Waals surface area contributed by atoms with Crippen LogP contribution in [0.4, 0.5) is 0 Å². The van der Waals surface area contributed by atoms with Crippen LogP contribution in [0.25, 0.3) is 0 Å². The first-order valence-corrected chi connectivity index (χ1v) is 13.7. The Hall–Kier alpha value is -1.61. The third-order valence-electron chi connectivity index (χ3n) is 6.48. The second kappa shape index (κ2) is 8.22. The van der Waals surface area contributed by atoms with Gasteiger partial charge in [-0.3, -0.25) is 9.05 Å². The van der Waals surface area contributed by atoms with Gasteiger partial charge in [0.25, 0.3) is 0 Å². The van der Waals surface area contributed by atoms with Crippen molar-refractivity contribution in [1.82, 2.24) is 0 Å². The van der Waals surface area contributed by atoms with Crippen LogP contribution in [-0.2, 0) is 28.1 Å². The maximum Gasteiger partial charge on any atom is 0.663 e. The average molecular weight is 488 g/mol. The van der Waals surface area contributed by atoms with Crippen molar-refractivity contribution >= 4 is 8.17 Å². The molecule has 0 fully saturated rings. The number of hydrogen-bond donors (Lipinski definition) is 2. The van der Waals surface area contributed by atoms with Crippen LogP contribution in [0.2, 0.25) is 0 Å². The topological polar surface area (TPSA) is 58.9 Å². The Morgan fingerprint density at radius 1 is 0.559 bits per heavy atom. The second-order valence-corrected chi connectivity index (χ2v) is 15.2. The maximum atomic E-state index is 11.0. The summed E-state index contributed by atoms with van der Waals surface area (Å²) in [6, 6.07) is 8.63. The van der Waals surface area contributed by atoms with Gasteiger partial charge in [-0.2, -0.15) is 9.79 Å². The Labute approximate surface area is 207 Å². The lowest BCUT2D eigenvalue weighted by Crippen LogP contribution is -2.23. The van der Waals surface area contributed by atoms with Crippen molar-refractivity contribution in [3.8, 4) is 11.5 Å². The molecule has 2 aromatic carbocycles. The standard InChI is InChI=1S/C29H44O4P/c1-26(2,3)20-14-18-13-19-15-21(27(4,5)6)17-23(29(10,11)12)25(19)33-34(30,31)32-24(18)22(16-20)28(7,8)9/h14-17,30-31H,13H2,1-12H3/q+1. The van der Waals surface area contributed by atoms with Crippen molar-refractivity contribution in [3.63, 3.8) is 0 Å². The highest BCUT2D eigenvalue weighted by atomic mass is 31.2. The summed E-state index contributed by atoms with van der Waals surface area (Å²) in [6.45, 7) is 25.9. The fourth-order valence-electron chi connectivity index (χ4n) is 4.30. The van der Waals surface area contributed by atoms with Crippen molar-refractivity contribution in [2.24, 2.45) is 0 Å². The monoisotopic (exact) mass is 487 g/mol. The van der Waals surface area contributed by atoms with Gasteiger partial charge in [-0.25, -0.2) is 0 Å². The van der Waals surface area contributed by atoms with E-state index in [1.54, 1.807) is 0 Å². The van der Waals surface area contributed by atoms with Gasteiger partial charge in [0.15, 0.2) is 11.5 Å². The van der Waals surface area contributed by atoms with Crippen LogP contribution in [-0.4, -0.2) is 9.79 Å². The fourth-order valence-corrected chi connectivity index (χ4v) is 5.24. The zero-order valence-electron chi connectivity index (χ0n) is 23.2. The molecule has 3 rings (SSSR count). The average Bonchev–Trinajstić information content (AvgIpc) is 2.58. The number of benzene rings is 2. The van der Waals surface area contributed by atoms with Gasteiger partial charge in [-0.05, 0) is 32.8 Å². The minimum Gasteiger partial charge on any atom is -0.254 e. The largest absolute Gasteiger partial charge is 0.663 e. The minimum absolute atomic E-state index is 0.0643. The van der Waals surface area contributed by atoms with E-state index in [2.05, 4.69) is 107 Å². The molecule has 4 nitrogen and oxygen atoms in total. The Morgan fingerprint density at radius 3 is 1.15 bits per heavy atom. The van der Waals surface area contributed by atoms with Gasteiger partial charge in [0.1, 0.15) is 0 Å². The molecule has 34 heavy (non-hydrogen) atoms. The van der Waals surface area contributed by atoms with E-state index >= 15 is 0 Å². The molecule has 0 radical (unpaired) electrons. The molecule has 188 valence electrons. The van der Waals surface area contributed by atoms with E-state index in [9.17, 15) is 9.79 Å². The molecule has 2 aromatic rings. The molecular weight excluding hydrogens is 443 g/mol. The van der Waals surface area contributed by atoms with E-state index in [4.69, 9.17) is 9.05 Å². The Bertz CT molecular complexity index is 1000. The van der Waals surface area contributed by atoms with Gasteiger partial charge in [-0.1, -0.05) is 107 Å². The number of fused-ring (bicyclic) bond motifs is 2. The van der Waals surface area contributed by atoms with E-state index in [-0.39, 0.29) is 21.7 Å². The second-order valence-electron chi connectivity index (χ2n) is 13.9. The zero-order valence-corrected chi connectivity index (χ0v) is 24.1. The van der Waals surface area contributed by atoms with E-state index in [0.29, 0.717) is 17.9 Å². The van der Waals surface area contributed by atoms with E-state index < -0.39 is 8.17 Å². The lowest BCUT2D eigenvalue weighted by Gasteiger charge is -2.32. The first-order chi connectivity index (χ1) is 15.1. The number of rotatable bonds is 0. The summed E-state index contributed by atoms with van der Waals surface area (Å²) in [6.07, 6.45) is 0.588. The van der Waals surface area contributed by atoms with E-state index in [1.807, 2.05) is 0 Å². The van der Waals surface area contributed by atoms with E-state index in [0.717, 1.165) is 22.3 Å². The molecule has 1 heterocycles. The van der Waals surface area contributed by atoms with Crippen molar-refractivity contribution < 1.29 is 18.8 Å². The van der Waals surface area contributed by atoms with Gasteiger partial charge < -0.3 is 0 Å². The molecular formula is C29H44O4P+. The molecule has 0 unspecified atom stereocenters. The Kier molecular flexibility index (Phi) is 6.52. The highest BCUT2D eigenvalue weighted by molar-refractivity contribution is 7.55. The molecule has 0 saturated heterocycles. The predicted octanol–water partition coefficient (Wildman–Crippen LogP) is 7.90. The highest BCUT2D eigenvalue weighted by Crippen LogP contribution is 2.59. The summed E-state index contributed by atoms with van der Waals surface area (Å²) >= 11 is 0. The summed E-state index contributed by atoms with van der Waals surface area (Å²) in [4.78, 5) is 22.1. The minimum atomic E-state index is -4.18. The van der Waals surface area contributed by atoms with Crippen LogP contribution in [0, 0.1) is 0 Å². The first-order valence-electron chi connectivity index (χ1n) is 12.2. The predicted molar refractivity (Wildman–Crippen MR) is 143 cm³/mol. The highest BCUT2D eigenvalue weighted by Gasteiger charge is 2.48. The third-order valence-corrected chi connectivity index (χ3v) is 7.32. The van der Waals surface area contributed by atoms with Gasteiger partial charge in [-0.15, -0.1) is 0 Å². The molecule has 1 aliphatic heterocycles. The number of hydrogen-bond acceptors (Lipinski definition) is 4. The van der Waals surface area contributed by atoms with Crippen LogP contribution < -0.4 is 9.05 Å². The first kappa shape index (κ1) is 27.0. The smallest absolute Gasteiger partial charge is 0.254 e. The third kappa shape index (κ3) is 5.61. The van der Waals surface area contributed by atoms with Crippen molar-refractivity contribution in [2.45, 2.75) is 111 Å². The summed E-state index contributed by atoms with van der Waals surface area (Å²) in [5.74, 6) is 1.06. The molecule has 0 spiro atoms. The van der Waals surface area contributed by atoms with Crippen LogP contribution in [0.3, 0.4) is 0 Å². The Morgan fingerprint density at radius 2 is 0.882 bits per heavy atom. The van der Waals surface area contributed by atoms with Crippen LogP contribution in [0.15, 0.2) is 24.3 Å². The van der Waals surface area contributed by atoms with Crippen molar-refractivity contribution in [2.75, 3.05) is 0 Å². The lowest BCUT2D eigenvalue weighted by molar-refractivity contribution is 0.239. The molecule has 0 aliphatic carbocycles. The van der Waals surface area contributed by atoms with Crippen LogP contribution >= 0.6 is 8.17 Å². The van der Waals surface area contributed by atoms with Crippen LogP contribution in [0.5, 0.6) is 11.5 Å². The molecule has 0 saturated carbocycles. The zero-order chi connectivity index (χ0) is 26.1. The summed E-state index contributed by atoms with van der Waals surface area (Å²) < 4.78 is 11.9. The van der Waals surface area contributed by atoms with Crippen LogP contribution in [0.1, 0.15) is 116 Å². The lowest BCUT2D eigenvalue weighted by atomic mass is 9.76. The Balaban J connectivity index is 2.42. The van der Waals surface area contributed by atoms with Crippen molar-refractivity contribution in [1.29, 1.82) is 0 Å². The van der Waals surface area contributed by atoms with Gasteiger partial charge in [0.05, 0.1) is 0 Å². The van der Waals surface area contributed by atoms with Gasteiger partial charge in [0, 0.05) is 28.7 Å².